The van der Waals surface area contributed by atoms with Gasteiger partial charge in [0.15, 0.2) is 0 Å². The minimum Gasteiger partial charge on any atom is -0.456 e. The first-order valence-corrected chi connectivity index (χ1v) is 15.9. The van der Waals surface area contributed by atoms with Crippen LogP contribution in [0.5, 0.6) is 0 Å². The molecule has 0 saturated carbocycles. The molecule has 222 valence electrons. The van der Waals surface area contributed by atoms with Crippen molar-refractivity contribution in [1.29, 1.82) is 0 Å². The molecule has 4 heteroatoms. The summed E-state index contributed by atoms with van der Waals surface area (Å²) in [4.78, 5) is 5.35. The van der Waals surface area contributed by atoms with Gasteiger partial charge in [-0.05, 0) is 66.6 Å². The van der Waals surface area contributed by atoms with Crippen LogP contribution in [0.15, 0.2) is 106 Å². The fourth-order valence-electron chi connectivity index (χ4n) is 7.02. The molecule has 0 fully saturated rings. The van der Waals surface area contributed by atoms with E-state index in [1.165, 1.54) is 16.8 Å². The van der Waals surface area contributed by atoms with E-state index in [-0.39, 0.29) is 0 Å². The van der Waals surface area contributed by atoms with Gasteiger partial charge in [0.2, 0.25) is 0 Å². The van der Waals surface area contributed by atoms with Crippen molar-refractivity contribution in [1.82, 2.24) is 9.55 Å². The molecular weight excluding hydrogens is 552 g/mol. The molecule has 0 atom stereocenters. The molecule has 0 unspecified atom stereocenters. The summed E-state index contributed by atoms with van der Waals surface area (Å²) in [6.45, 7) is 13.3. The summed E-state index contributed by atoms with van der Waals surface area (Å²) in [6.07, 6.45) is 0. The first kappa shape index (κ1) is 27.5. The number of benzene rings is 5. The van der Waals surface area contributed by atoms with E-state index < -0.39 is 0 Å². The average Bonchev–Trinajstić information content (AvgIpc) is 3.71. The van der Waals surface area contributed by atoms with E-state index in [1.807, 2.05) is 6.07 Å². The summed E-state index contributed by atoms with van der Waals surface area (Å²) >= 11 is 0. The molecule has 3 heterocycles. The molecule has 3 aromatic heterocycles. The quantitative estimate of drug-likeness (QED) is 0.201. The second-order valence-corrected chi connectivity index (χ2v) is 12.9. The van der Waals surface area contributed by atoms with E-state index >= 15 is 0 Å². The zero-order valence-corrected chi connectivity index (χ0v) is 26.6. The van der Waals surface area contributed by atoms with Crippen LogP contribution >= 0.6 is 0 Å². The van der Waals surface area contributed by atoms with Crippen molar-refractivity contribution in [3.05, 3.63) is 119 Å². The van der Waals surface area contributed by atoms with Crippen LogP contribution in [0.25, 0.3) is 72.3 Å². The van der Waals surface area contributed by atoms with Crippen molar-refractivity contribution >= 4 is 43.9 Å². The Bertz CT molecular complexity index is 2370. The number of para-hydroxylation sites is 3. The number of rotatable bonds is 5. The summed E-state index contributed by atoms with van der Waals surface area (Å²) in [5, 5.41) is 3.24. The standard InChI is InChI=1S/C41H36N2O2/c1-23(2)28-15-12-16-29(24(3)4)38(28)43-33-18-11-10-17-32(33)42-41(43)31-22-35-36(26(6)39(45-35)27-13-8-7-9-14-27)37-30-20-19-25(5)21-34(30)44-40(31)37/h7-24H,1-6H3. The zero-order chi connectivity index (χ0) is 31.0. The molecule has 45 heavy (non-hydrogen) atoms. The maximum Gasteiger partial charge on any atom is 0.149 e. The number of aryl methyl sites for hydroxylation is 2. The van der Waals surface area contributed by atoms with Gasteiger partial charge in [0.1, 0.15) is 28.3 Å². The molecule has 8 rings (SSSR count). The third-order valence-corrected chi connectivity index (χ3v) is 9.19. The second-order valence-electron chi connectivity index (χ2n) is 12.9. The molecule has 4 nitrogen and oxygen atoms in total. The van der Waals surface area contributed by atoms with Crippen molar-refractivity contribution in [2.45, 2.75) is 53.4 Å². The van der Waals surface area contributed by atoms with Crippen LogP contribution in [0.2, 0.25) is 0 Å². The van der Waals surface area contributed by atoms with Crippen LogP contribution < -0.4 is 0 Å². The van der Waals surface area contributed by atoms with E-state index in [0.29, 0.717) is 11.8 Å². The van der Waals surface area contributed by atoms with Gasteiger partial charge in [0.05, 0.1) is 22.3 Å². The van der Waals surface area contributed by atoms with Crippen LogP contribution in [-0.2, 0) is 0 Å². The van der Waals surface area contributed by atoms with Gasteiger partial charge in [-0.2, -0.15) is 0 Å². The van der Waals surface area contributed by atoms with Gasteiger partial charge in [-0.25, -0.2) is 4.98 Å². The van der Waals surface area contributed by atoms with Crippen LogP contribution in [0, 0.1) is 13.8 Å². The number of imidazole rings is 1. The Hall–Kier alpha value is -5.09. The molecular formula is C41H36N2O2. The van der Waals surface area contributed by atoms with Gasteiger partial charge in [0, 0.05) is 27.3 Å². The molecule has 0 aliphatic rings. The maximum atomic E-state index is 6.84. The second kappa shape index (κ2) is 10.2. The van der Waals surface area contributed by atoms with Crippen LogP contribution in [0.3, 0.4) is 0 Å². The molecule has 8 aromatic rings. The number of aromatic nitrogens is 2. The Morgan fingerprint density at radius 1 is 0.667 bits per heavy atom. The van der Waals surface area contributed by atoms with E-state index in [1.54, 1.807) is 0 Å². The van der Waals surface area contributed by atoms with Crippen LogP contribution in [-0.4, -0.2) is 9.55 Å². The molecule has 0 amide bonds. The lowest BCUT2D eigenvalue weighted by Crippen LogP contribution is -2.08. The van der Waals surface area contributed by atoms with Gasteiger partial charge in [-0.3, -0.25) is 4.57 Å². The fourth-order valence-corrected chi connectivity index (χ4v) is 7.02. The van der Waals surface area contributed by atoms with Crippen molar-refractivity contribution in [3.8, 4) is 28.4 Å². The summed E-state index contributed by atoms with van der Waals surface area (Å²) < 4.78 is 16.0. The lowest BCUT2D eigenvalue weighted by Gasteiger charge is -2.22. The Balaban J connectivity index is 1.56. The predicted molar refractivity (Wildman–Crippen MR) is 187 cm³/mol. The Labute approximate surface area is 262 Å². The molecule has 0 aliphatic heterocycles. The van der Waals surface area contributed by atoms with Crippen molar-refractivity contribution < 1.29 is 8.83 Å². The van der Waals surface area contributed by atoms with E-state index in [2.05, 4.69) is 137 Å². The largest absolute Gasteiger partial charge is 0.456 e. The number of nitrogens with zero attached hydrogens (tertiary/aromatic N) is 2. The third-order valence-electron chi connectivity index (χ3n) is 9.19. The summed E-state index contributed by atoms with van der Waals surface area (Å²) in [6, 6.07) is 34.1. The van der Waals surface area contributed by atoms with Gasteiger partial charge >= 0.3 is 0 Å². The van der Waals surface area contributed by atoms with Crippen molar-refractivity contribution in [2.24, 2.45) is 0 Å². The summed E-state index contributed by atoms with van der Waals surface area (Å²) in [5.74, 6) is 2.38. The summed E-state index contributed by atoms with van der Waals surface area (Å²) in [7, 11) is 0. The predicted octanol–water partition coefficient (Wildman–Crippen LogP) is 11.9. The van der Waals surface area contributed by atoms with Gasteiger partial charge in [-0.15, -0.1) is 0 Å². The highest BCUT2D eigenvalue weighted by Gasteiger charge is 2.27. The summed E-state index contributed by atoms with van der Waals surface area (Å²) in [5.41, 5.74) is 12.6. The van der Waals surface area contributed by atoms with Gasteiger partial charge in [-0.1, -0.05) is 100 Å². The van der Waals surface area contributed by atoms with E-state index in [9.17, 15) is 0 Å². The Morgan fingerprint density at radius 3 is 2.11 bits per heavy atom. The number of fused-ring (bicyclic) bond motifs is 6. The molecule has 5 aromatic carbocycles. The lowest BCUT2D eigenvalue weighted by molar-refractivity contribution is 0.628. The molecule has 0 bridgehead atoms. The third kappa shape index (κ3) is 4.16. The first-order valence-electron chi connectivity index (χ1n) is 15.9. The topological polar surface area (TPSA) is 44.1 Å². The monoisotopic (exact) mass is 588 g/mol. The Morgan fingerprint density at radius 2 is 1.38 bits per heavy atom. The van der Waals surface area contributed by atoms with Crippen molar-refractivity contribution in [3.63, 3.8) is 0 Å². The molecule has 0 saturated heterocycles. The number of furan rings is 2. The molecule has 0 aliphatic carbocycles. The fraction of sp³-hybridized carbons (Fsp3) is 0.195. The van der Waals surface area contributed by atoms with E-state index in [4.69, 9.17) is 13.8 Å². The van der Waals surface area contributed by atoms with Crippen LogP contribution in [0.4, 0.5) is 0 Å². The molecule has 0 N–H and O–H groups in total. The zero-order valence-electron chi connectivity index (χ0n) is 26.6. The Kier molecular flexibility index (Phi) is 6.25. The highest BCUT2D eigenvalue weighted by atomic mass is 16.3. The minimum absolute atomic E-state index is 0.325. The molecule has 0 radical (unpaired) electrons. The average molecular weight is 589 g/mol. The normalized spacial score (nSPS) is 12.2. The maximum absolute atomic E-state index is 6.84. The van der Waals surface area contributed by atoms with Crippen molar-refractivity contribution in [2.75, 3.05) is 0 Å². The minimum atomic E-state index is 0.325. The van der Waals surface area contributed by atoms with E-state index in [0.717, 1.165) is 77.8 Å². The number of hydrogen-bond donors (Lipinski definition) is 0. The lowest BCUT2D eigenvalue weighted by atomic mass is 9.92. The van der Waals surface area contributed by atoms with Gasteiger partial charge < -0.3 is 8.83 Å². The smallest absolute Gasteiger partial charge is 0.149 e. The highest BCUT2D eigenvalue weighted by molar-refractivity contribution is 6.23. The highest BCUT2D eigenvalue weighted by Crippen LogP contribution is 2.47. The molecule has 0 spiro atoms. The SMILES string of the molecule is Cc1ccc2c(c1)oc1c(-c3nc4ccccc4n3-c3c(C(C)C)cccc3C(C)C)cc3oc(-c4ccccc4)c(C)c3c12. The van der Waals surface area contributed by atoms with Gasteiger partial charge in [0.25, 0.3) is 0 Å². The number of hydrogen-bond acceptors (Lipinski definition) is 3. The van der Waals surface area contributed by atoms with Crippen LogP contribution in [0.1, 0.15) is 61.8 Å². The first-order chi connectivity index (χ1) is 21.8.